The number of nitriles is 1. The molecule has 0 amide bonds. The van der Waals surface area contributed by atoms with Crippen LogP contribution in [0.3, 0.4) is 0 Å². The average Bonchev–Trinajstić information content (AvgIpc) is 3.08. The first-order valence-electron chi connectivity index (χ1n) is 6.35. The summed E-state index contributed by atoms with van der Waals surface area (Å²) in [4.78, 5) is 7.29. The first-order valence-corrected chi connectivity index (χ1v) is 6.35. The fraction of sp³-hybridized carbons (Fsp3) is 0.133. The molecule has 2 heterocycles. The minimum absolute atomic E-state index is 0.220. The Morgan fingerprint density at radius 3 is 3.05 bits per heavy atom. The summed E-state index contributed by atoms with van der Waals surface area (Å²) in [5.74, 6) is 1.37. The number of nitrogens with zero attached hydrogens (tertiary/aromatic N) is 3. The van der Waals surface area contributed by atoms with Crippen molar-refractivity contribution < 1.29 is 4.52 Å². The molecular formula is C15H10N4O. The molecule has 1 unspecified atom stereocenters. The van der Waals surface area contributed by atoms with Gasteiger partial charge in [-0.05, 0) is 23.6 Å². The minimum Gasteiger partial charge on any atom is -0.352 e. The van der Waals surface area contributed by atoms with Crippen LogP contribution in [0.25, 0.3) is 11.5 Å². The highest BCUT2D eigenvalue weighted by Crippen LogP contribution is 2.39. The SMILES string of the molecule is N#Cc1cc(-c2nc(C3Cc4ccccc43)no2)c[nH]1. The van der Waals surface area contributed by atoms with Crippen LogP contribution in [-0.2, 0) is 6.42 Å². The van der Waals surface area contributed by atoms with E-state index < -0.39 is 0 Å². The molecule has 20 heavy (non-hydrogen) atoms. The zero-order valence-corrected chi connectivity index (χ0v) is 10.5. The second-order valence-electron chi connectivity index (χ2n) is 4.83. The Labute approximate surface area is 114 Å². The van der Waals surface area contributed by atoms with E-state index in [-0.39, 0.29) is 5.92 Å². The smallest absolute Gasteiger partial charge is 0.259 e. The standard InChI is InChI=1S/C15H10N4O/c16-7-11-5-10(8-17-11)15-18-14(19-20-15)13-6-9-3-1-2-4-12(9)13/h1-5,8,13,17H,6H2. The van der Waals surface area contributed by atoms with Gasteiger partial charge in [-0.2, -0.15) is 10.2 Å². The van der Waals surface area contributed by atoms with E-state index in [1.165, 1.54) is 11.1 Å². The number of hydrogen-bond acceptors (Lipinski definition) is 4. The van der Waals surface area contributed by atoms with Gasteiger partial charge in [-0.25, -0.2) is 0 Å². The maximum absolute atomic E-state index is 8.80. The van der Waals surface area contributed by atoms with E-state index >= 15 is 0 Å². The normalized spacial score (nSPS) is 16.2. The molecule has 3 aromatic rings. The summed E-state index contributed by atoms with van der Waals surface area (Å²) in [5.41, 5.74) is 3.84. The van der Waals surface area contributed by atoms with E-state index in [4.69, 9.17) is 9.78 Å². The Morgan fingerprint density at radius 2 is 2.25 bits per heavy atom. The molecule has 0 saturated carbocycles. The van der Waals surface area contributed by atoms with Crippen molar-refractivity contribution in [3.63, 3.8) is 0 Å². The van der Waals surface area contributed by atoms with Crippen LogP contribution in [0.1, 0.15) is 28.6 Å². The van der Waals surface area contributed by atoms with Crippen LogP contribution in [0.5, 0.6) is 0 Å². The fourth-order valence-electron chi connectivity index (χ4n) is 2.57. The lowest BCUT2D eigenvalue weighted by Gasteiger charge is -2.27. The number of rotatable bonds is 2. The number of hydrogen-bond donors (Lipinski definition) is 1. The third-order valence-electron chi connectivity index (χ3n) is 3.66. The summed E-state index contributed by atoms with van der Waals surface area (Å²) >= 11 is 0. The number of benzene rings is 1. The Morgan fingerprint density at radius 1 is 1.35 bits per heavy atom. The van der Waals surface area contributed by atoms with Gasteiger partial charge in [0.2, 0.25) is 0 Å². The number of H-pyrrole nitrogens is 1. The van der Waals surface area contributed by atoms with E-state index in [2.05, 4.69) is 27.3 Å². The number of fused-ring (bicyclic) bond motifs is 1. The van der Waals surface area contributed by atoms with Crippen molar-refractivity contribution in [2.75, 3.05) is 0 Å². The molecule has 5 nitrogen and oxygen atoms in total. The van der Waals surface area contributed by atoms with Crippen LogP contribution in [0, 0.1) is 11.3 Å². The van der Waals surface area contributed by atoms with E-state index in [1.807, 2.05) is 18.2 Å². The molecule has 1 N–H and O–H groups in total. The first kappa shape index (κ1) is 11.0. The Hall–Kier alpha value is -2.87. The minimum atomic E-state index is 0.220. The molecule has 4 rings (SSSR count). The van der Waals surface area contributed by atoms with Gasteiger partial charge in [-0.1, -0.05) is 29.4 Å². The van der Waals surface area contributed by atoms with Crippen LogP contribution >= 0.6 is 0 Å². The van der Waals surface area contributed by atoms with Crippen LogP contribution in [-0.4, -0.2) is 15.1 Å². The van der Waals surface area contributed by atoms with Crippen LogP contribution in [0.4, 0.5) is 0 Å². The lowest BCUT2D eigenvalue weighted by atomic mass is 9.77. The quantitative estimate of drug-likeness (QED) is 0.770. The maximum Gasteiger partial charge on any atom is 0.259 e. The molecule has 1 aliphatic carbocycles. The van der Waals surface area contributed by atoms with Gasteiger partial charge in [-0.15, -0.1) is 0 Å². The lowest BCUT2D eigenvalue weighted by molar-refractivity contribution is 0.416. The largest absolute Gasteiger partial charge is 0.352 e. The predicted octanol–water partition coefficient (Wildman–Crippen LogP) is 2.62. The lowest BCUT2D eigenvalue weighted by Crippen LogP contribution is -2.19. The molecule has 1 aromatic carbocycles. The summed E-state index contributed by atoms with van der Waals surface area (Å²) < 4.78 is 5.29. The highest BCUT2D eigenvalue weighted by molar-refractivity contribution is 5.55. The van der Waals surface area contributed by atoms with E-state index in [1.54, 1.807) is 12.3 Å². The summed E-state index contributed by atoms with van der Waals surface area (Å²) in [6, 6.07) is 12.0. The van der Waals surface area contributed by atoms with Crippen molar-refractivity contribution in [1.82, 2.24) is 15.1 Å². The number of nitrogens with one attached hydrogen (secondary N) is 1. The van der Waals surface area contributed by atoms with Crippen LogP contribution < -0.4 is 0 Å². The Kier molecular flexibility index (Phi) is 2.24. The topological polar surface area (TPSA) is 78.5 Å². The van der Waals surface area contributed by atoms with Crippen molar-refractivity contribution in [2.24, 2.45) is 0 Å². The molecule has 0 fully saturated rings. The number of aromatic nitrogens is 3. The van der Waals surface area contributed by atoms with Gasteiger partial charge in [0.25, 0.3) is 5.89 Å². The fourth-order valence-corrected chi connectivity index (χ4v) is 2.57. The molecule has 0 spiro atoms. The number of aromatic amines is 1. The van der Waals surface area contributed by atoms with Crippen molar-refractivity contribution in [3.8, 4) is 17.5 Å². The average molecular weight is 262 g/mol. The summed E-state index contributed by atoms with van der Waals surface area (Å²) in [6.45, 7) is 0. The van der Waals surface area contributed by atoms with Crippen molar-refractivity contribution in [3.05, 3.63) is 59.2 Å². The second-order valence-corrected chi connectivity index (χ2v) is 4.83. The van der Waals surface area contributed by atoms with Gasteiger partial charge in [-0.3, -0.25) is 0 Å². The van der Waals surface area contributed by atoms with Gasteiger partial charge < -0.3 is 9.51 Å². The molecule has 0 aliphatic heterocycles. The predicted molar refractivity (Wildman–Crippen MR) is 70.8 cm³/mol. The zero-order valence-electron chi connectivity index (χ0n) is 10.5. The maximum atomic E-state index is 8.80. The van der Waals surface area contributed by atoms with Crippen molar-refractivity contribution in [2.45, 2.75) is 12.3 Å². The summed E-state index contributed by atoms with van der Waals surface area (Å²) in [6.07, 6.45) is 2.65. The highest BCUT2D eigenvalue weighted by Gasteiger charge is 2.31. The van der Waals surface area contributed by atoms with Gasteiger partial charge >= 0.3 is 0 Å². The van der Waals surface area contributed by atoms with Crippen LogP contribution in [0.2, 0.25) is 0 Å². The molecule has 96 valence electrons. The Bertz CT molecular complexity index is 824. The third kappa shape index (κ3) is 1.55. The van der Waals surface area contributed by atoms with Gasteiger partial charge in [0.15, 0.2) is 5.82 Å². The van der Waals surface area contributed by atoms with E-state index in [0.717, 1.165) is 12.0 Å². The highest BCUT2D eigenvalue weighted by atomic mass is 16.5. The second kappa shape index (κ2) is 4.07. The van der Waals surface area contributed by atoms with Gasteiger partial charge in [0.1, 0.15) is 11.8 Å². The van der Waals surface area contributed by atoms with E-state index in [9.17, 15) is 0 Å². The molecule has 5 heteroatoms. The Balaban J connectivity index is 1.65. The molecule has 1 aliphatic rings. The third-order valence-corrected chi connectivity index (χ3v) is 3.66. The first-order chi connectivity index (χ1) is 9.85. The monoisotopic (exact) mass is 262 g/mol. The molecule has 0 bridgehead atoms. The molecule has 2 aromatic heterocycles. The van der Waals surface area contributed by atoms with E-state index in [0.29, 0.717) is 17.4 Å². The van der Waals surface area contributed by atoms with Crippen molar-refractivity contribution >= 4 is 0 Å². The molecule has 0 saturated heterocycles. The van der Waals surface area contributed by atoms with Gasteiger partial charge in [0.05, 0.1) is 11.5 Å². The zero-order chi connectivity index (χ0) is 13.5. The summed E-state index contributed by atoms with van der Waals surface area (Å²) in [7, 11) is 0. The van der Waals surface area contributed by atoms with Gasteiger partial charge in [0, 0.05) is 6.20 Å². The molecule has 0 radical (unpaired) electrons. The van der Waals surface area contributed by atoms with Crippen LogP contribution in [0.15, 0.2) is 41.1 Å². The molecule has 1 atom stereocenters. The van der Waals surface area contributed by atoms with Crippen molar-refractivity contribution in [1.29, 1.82) is 5.26 Å². The summed E-state index contributed by atoms with van der Waals surface area (Å²) in [5, 5.41) is 12.9. The molecular weight excluding hydrogens is 252 g/mol.